The molecular weight excluding hydrogens is 306 g/mol. The molecule has 128 valence electrons. The van der Waals surface area contributed by atoms with Crippen molar-refractivity contribution in [3.05, 3.63) is 95.6 Å². The first-order valence-corrected chi connectivity index (χ1v) is 8.82. The van der Waals surface area contributed by atoms with E-state index < -0.39 is 0 Å². The van der Waals surface area contributed by atoms with Crippen molar-refractivity contribution < 1.29 is 4.74 Å². The van der Waals surface area contributed by atoms with E-state index in [9.17, 15) is 0 Å². The topological polar surface area (TPSA) is 12.5 Å². The predicted molar refractivity (Wildman–Crippen MR) is 105 cm³/mol. The molecule has 0 spiro atoms. The molecule has 0 heterocycles. The summed E-state index contributed by atoms with van der Waals surface area (Å²) in [6.07, 6.45) is 0. The van der Waals surface area contributed by atoms with E-state index in [4.69, 9.17) is 4.74 Å². The average molecular weight is 331 g/mol. The second-order valence-electron chi connectivity index (χ2n) is 6.22. The highest BCUT2D eigenvalue weighted by molar-refractivity contribution is 5.53. The van der Waals surface area contributed by atoms with Crippen LogP contribution in [0.15, 0.2) is 78.9 Å². The van der Waals surface area contributed by atoms with Crippen molar-refractivity contribution >= 4 is 5.69 Å². The fourth-order valence-electron chi connectivity index (χ4n) is 2.93. The third-order valence-corrected chi connectivity index (χ3v) is 4.38. The molecule has 0 aliphatic rings. The van der Waals surface area contributed by atoms with Gasteiger partial charge < -0.3 is 9.64 Å². The van der Waals surface area contributed by atoms with Gasteiger partial charge >= 0.3 is 0 Å². The Labute approximate surface area is 150 Å². The number of benzene rings is 3. The maximum absolute atomic E-state index is 5.81. The van der Waals surface area contributed by atoms with Crippen LogP contribution in [-0.2, 0) is 13.2 Å². The van der Waals surface area contributed by atoms with Gasteiger partial charge in [-0.2, -0.15) is 0 Å². The molecule has 0 aliphatic heterocycles. The third-order valence-electron chi connectivity index (χ3n) is 4.38. The highest BCUT2D eigenvalue weighted by Gasteiger charge is 2.07. The molecule has 0 unspecified atom stereocenters. The lowest BCUT2D eigenvalue weighted by molar-refractivity contribution is 0.306. The Morgan fingerprint density at radius 3 is 2.08 bits per heavy atom. The van der Waals surface area contributed by atoms with E-state index in [1.807, 2.05) is 30.3 Å². The van der Waals surface area contributed by atoms with Crippen molar-refractivity contribution in [2.24, 2.45) is 0 Å². The van der Waals surface area contributed by atoms with Gasteiger partial charge in [0.25, 0.3) is 0 Å². The quantitative estimate of drug-likeness (QED) is 0.559. The molecule has 25 heavy (non-hydrogen) atoms. The molecule has 0 saturated heterocycles. The monoisotopic (exact) mass is 331 g/mol. The van der Waals surface area contributed by atoms with Crippen LogP contribution in [0, 0.1) is 6.92 Å². The van der Waals surface area contributed by atoms with Gasteiger partial charge in [0.05, 0.1) is 0 Å². The van der Waals surface area contributed by atoms with E-state index in [0.29, 0.717) is 6.61 Å². The zero-order valence-electron chi connectivity index (χ0n) is 15.0. The van der Waals surface area contributed by atoms with Crippen molar-refractivity contribution in [2.75, 3.05) is 11.4 Å². The van der Waals surface area contributed by atoms with Gasteiger partial charge in [-0.3, -0.25) is 0 Å². The van der Waals surface area contributed by atoms with Crippen LogP contribution in [0.1, 0.15) is 23.6 Å². The summed E-state index contributed by atoms with van der Waals surface area (Å²) in [5, 5.41) is 0. The van der Waals surface area contributed by atoms with Crippen LogP contribution in [0.2, 0.25) is 0 Å². The van der Waals surface area contributed by atoms with Gasteiger partial charge in [0.1, 0.15) is 12.4 Å². The summed E-state index contributed by atoms with van der Waals surface area (Å²) in [5.41, 5.74) is 5.12. The van der Waals surface area contributed by atoms with Gasteiger partial charge in [-0.1, -0.05) is 60.7 Å². The second kappa shape index (κ2) is 8.39. The van der Waals surface area contributed by atoms with Crippen LogP contribution >= 0.6 is 0 Å². The van der Waals surface area contributed by atoms with Crippen molar-refractivity contribution in [1.82, 2.24) is 0 Å². The fraction of sp³-hybridized carbons (Fsp3) is 0.217. The van der Waals surface area contributed by atoms with E-state index in [0.717, 1.165) is 18.8 Å². The minimum Gasteiger partial charge on any atom is -0.489 e. The summed E-state index contributed by atoms with van der Waals surface area (Å²) < 4.78 is 5.81. The lowest BCUT2D eigenvalue weighted by Crippen LogP contribution is -2.22. The molecule has 0 aliphatic carbocycles. The van der Waals surface area contributed by atoms with E-state index in [2.05, 4.69) is 67.3 Å². The molecule has 2 heteroatoms. The number of nitrogens with zero attached hydrogens (tertiary/aromatic N) is 1. The Balaban J connectivity index is 1.62. The Hall–Kier alpha value is -2.74. The van der Waals surface area contributed by atoms with Gasteiger partial charge in [-0.05, 0) is 48.7 Å². The summed E-state index contributed by atoms with van der Waals surface area (Å²) in [7, 11) is 0. The van der Waals surface area contributed by atoms with E-state index in [-0.39, 0.29) is 0 Å². The number of para-hydroxylation sites is 2. The van der Waals surface area contributed by atoms with E-state index in [1.165, 1.54) is 22.4 Å². The van der Waals surface area contributed by atoms with Gasteiger partial charge in [0.15, 0.2) is 0 Å². The highest BCUT2D eigenvalue weighted by Crippen LogP contribution is 2.21. The average Bonchev–Trinajstić information content (AvgIpc) is 2.67. The van der Waals surface area contributed by atoms with Crippen LogP contribution in [-0.4, -0.2) is 6.54 Å². The van der Waals surface area contributed by atoms with E-state index in [1.54, 1.807) is 0 Å². The molecule has 0 saturated carbocycles. The van der Waals surface area contributed by atoms with Gasteiger partial charge in [0.2, 0.25) is 0 Å². The Morgan fingerprint density at radius 2 is 1.40 bits per heavy atom. The van der Waals surface area contributed by atoms with Crippen LogP contribution in [0.25, 0.3) is 0 Å². The molecule has 0 radical (unpaired) electrons. The SMILES string of the molecule is CCN(Cc1ccc(COc2ccccc2)cc1)c1ccccc1C. The van der Waals surface area contributed by atoms with Crippen LogP contribution in [0.3, 0.4) is 0 Å². The maximum Gasteiger partial charge on any atom is 0.119 e. The Bertz CT molecular complexity index is 781. The number of aryl methyl sites for hydroxylation is 1. The predicted octanol–water partition coefficient (Wildman–Crippen LogP) is 5.60. The molecule has 0 N–H and O–H groups in total. The molecule has 3 aromatic rings. The number of anilines is 1. The summed E-state index contributed by atoms with van der Waals surface area (Å²) >= 11 is 0. The number of hydrogen-bond acceptors (Lipinski definition) is 2. The molecule has 0 atom stereocenters. The molecule has 2 nitrogen and oxygen atoms in total. The van der Waals surface area contributed by atoms with E-state index >= 15 is 0 Å². The summed E-state index contributed by atoms with van der Waals surface area (Å²) in [4.78, 5) is 2.41. The molecule has 0 amide bonds. The van der Waals surface area contributed by atoms with Crippen molar-refractivity contribution in [3.8, 4) is 5.75 Å². The third kappa shape index (κ3) is 4.63. The van der Waals surface area contributed by atoms with Crippen molar-refractivity contribution in [2.45, 2.75) is 27.0 Å². The maximum atomic E-state index is 5.81. The zero-order valence-corrected chi connectivity index (χ0v) is 15.0. The molecule has 0 aromatic heterocycles. The lowest BCUT2D eigenvalue weighted by Gasteiger charge is -2.25. The number of rotatable bonds is 7. The first kappa shape index (κ1) is 17.1. The van der Waals surface area contributed by atoms with Gasteiger partial charge in [-0.25, -0.2) is 0 Å². The van der Waals surface area contributed by atoms with Crippen LogP contribution in [0.4, 0.5) is 5.69 Å². The van der Waals surface area contributed by atoms with Gasteiger partial charge in [0, 0.05) is 18.8 Å². The normalized spacial score (nSPS) is 10.5. The number of ether oxygens (including phenoxy) is 1. The molecule has 0 fully saturated rings. The molecular formula is C23H25NO. The van der Waals surface area contributed by atoms with Gasteiger partial charge in [-0.15, -0.1) is 0 Å². The first-order valence-electron chi connectivity index (χ1n) is 8.82. The fourth-order valence-corrected chi connectivity index (χ4v) is 2.93. The minimum atomic E-state index is 0.597. The minimum absolute atomic E-state index is 0.597. The van der Waals surface area contributed by atoms with Crippen molar-refractivity contribution in [3.63, 3.8) is 0 Å². The van der Waals surface area contributed by atoms with Crippen LogP contribution < -0.4 is 9.64 Å². The highest BCUT2D eigenvalue weighted by atomic mass is 16.5. The lowest BCUT2D eigenvalue weighted by atomic mass is 10.1. The molecule has 3 rings (SSSR count). The van der Waals surface area contributed by atoms with Crippen LogP contribution in [0.5, 0.6) is 5.75 Å². The summed E-state index contributed by atoms with van der Waals surface area (Å²) in [5.74, 6) is 0.906. The first-order chi connectivity index (χ1) is 12.3. The Kier molecular flexibility index (Phi) is 5.73. The zero-order chi connectivity index (χ0) is 17.5. The number of hydrogen-bond donors (Lipinski definition) is 0. The molecule has 3 aromatic carbocycles. The largest absolute Gasteiger partial charge is 0.489 e. The summed E-state index contributed by atoms with van der Waals surface area (Å²) in [6, 6.07) is 27.2. The Morgan fingerprint density at radius 1 is 0.760 bits per heavy atom. The van der Waals surface area contributed by atoms with Crippen molar-refractivity contribution in [1.29, 1.82) is 0 Å². The second-order valence-corrected chi connectivity index (χ2v) is 6.22. The molecule has 0 bridgehead atoms. The smallest absolute Gasteiger partial charge is 0.119 e. The standard InChI is InChI=1S/C23H25NO/c1-3-24(23-12-8-7-9-19(23)2)17-20-13-15-21(16-14-20)18-25-22-10-5-4-6-11-22/h4-16H,3,17-18H2,1-2H3. The summed E-state index contributed by atoms with van der Waals surface area (Å²) in [6.45, 7) is 6.88.